The molecular formula is C15H25NO2. The van der Waals surface area contributed by atoms with Crippen LogP contribution in [0.5, 0.6) is 5.75 Å². The monoisotopic (exact) mass is 251 g/mol. The second-order valence-electron chi connectivity index (χ2n) is 4.64. The van der Waals surface area contributed by atoms with Crippen LogP contribution in [0, 0.1) is 0 Å². The Balaban J connectivity index is 2.25. The van der Waals surface area contributed by atoms with Crippen molar-refractivity contribution in [2.75, 3.05) is 19.8 Å². The first-order valence-electron chi connectivity index (χ1n) is 6.77. The van der Waals surface area contributed by atoms with Gasteiger partial charge in [-0.1, -0.05) is 25.5 Å². The number of rotatable bonds is 9. The zero-order valence-corrected chi connectivity index (χ0v) is 11.5. The molecule has 0 aliphatic carbocycles. The Morgan fingerprint density at radius 3 is 2.78 bits per heavy atom. The lowest BCUT2D eigenvalue weighted by Crippen LogP contribution is -2.17. The maximum Gasteiger partial charge on any atom is 0.119 e. The lowest BCUT2D eigenvalue weighted by Gasteiger charge is -2.09. The summed E-state index contributed by atoms with van der Waals surface area (Å²) in [6, 6.07) is 8.28. The number of unbranched alkanes of at least 4 members (excludes halogenated alkanes) is 1. The highest BCUT2D eigenvalue weighted by molar-refractivity contribution is 5.28. The highest BCUT2D eigenvalue weighted by atomic mass is 16.5. The number of hydrogen-bond donors (Lipinski definition) is 1. The van der Waals surface area contributed by atoms with E-state index in [4.69, 9.17) is 15.2 Å². The number of ether oxygens (including phenoxy) is 2. The van der Waals surface area contributed by atoms with Gasteiger partial charge in [-0.15, -0.1) is 0 Å². The van der Waals surface area contributed by atoms with Gasteiger partial charge in [0.15, 0.2) is 0 Å². The molecule has 3 heteroatoms. The van der Waals surface area contributed by atoms with Gasteiger partial charge in [0.1, 0.15) is 12.4 Å². The van der Waals surface area contributed by atoms with E-state index in [1.807, 2.05) is 19.1 Å². The van der Waals surface area contributed by atoms with Gasteiger partial charge < -0.3 is 15.2 Å². The molecule has 1 atom stereocenters. The number of nitrogens with two attached hydrogens (primary N) is 1. The Morgan fingerprint density at radius 2 is 2.06 bits per heavy atom. The summed E-state index contributed by atoms with van der Waals surface area (Å²) >= 11 is 0. The van der Waals surface area contributed by atoms with Crippen LogP contribution in [0.4, 0.5) is 0 Å². The summed E-state index contributed by atoms with van der Waals surface area (Å²) in [7, 11) is 0. The van der Waals surface area contributed by atoms with E-state index in [0.29, 0.717) is 13.2 Å². The van der Waals surface area contributed by atoms with Crippen LogP contribution in [-0.2, 0) is 11.2 Å². The van der Waals surface area contributed by atoms with Crippen molar-refractivity contribution in [1.82, 2.24) is 0 Å². The molecule has 0 saturated heterocycles. The molecule has 1 unspecified atom stereocenters. The molecule has 0 amide bonds. The molecule has 3 nitrogen and oxygen atoms in total. The summed E-state index contributed by atoms with van der Waals surface area (Å²) in [6.45, 7) is 6.24. The second kappa shape index (κ2) is 8.95. The molecule has 1 rings (SSSR count). The van der Waals surface area contributed by atoms with Crippen LogP contribution in [0.25, 0.3) is 0 Å². The van der Waals surface area contributed by atoms with E-state index in [9.17, 15) is 0 Å². The smallest absolute Gasteiger partial charge is 0.119 e. The van der Waals surface area contributed by atoms with Crippen LogP contribution in [0.1, 0.15) is 32.3 Å². The van der Waals surface area contributed by atoms with Crippen molar-refractivity contribution in [3.63, 3.8) is 0 Å². The standard InChI is InChI=1S/C15H25NO2/c1-3-4-8-17-9-10-18-15-7-5-6-14(12-15)11-13(2)16/h5-7,12-13H,3-4,8-11,16H2,1-2H3. The van der Waals surface area contributed by atoms with Gasteiger partial charge in [0.2, 0.25) is 0 Å². The van der Waals surface area contributed by atoms with E-state index in [1.54, 1.807) is 0 Å². The lowest BCUT2D eigenvalue weighted by atomic mass is 10.1. The molecule has 1 aromatic carbocycles. The van der Waals surface area contributed by atoms with Crippen molar-refractivity contribution >= 4 is 0 Å². The first kappa shape index (κ1) is 15.0. The van der Waals surface area contributed by atoms with E-state index >= 15 is 0 Å². The molecule has 0 spiro atoms. The zero-order chi connectivity index (χ0) is 13.2. The van der Waals surface area contributed by atoms with Gasteiger partial charge in [0.05, 0.1) is 6.61 Å². The van der Waals surface area contributed by atoms with E-state index in [0.717, 1.165) is 25.2 Å². The fourth-order valence-corrected chi connectivity index (χ4v) is 1.70. The summed E-state index contributed by atoms with van der Waals surface area (Å²) in [6.07, 6.45) is 3.16. The highest BCUT2D eigenvalue weighted by Gasteiger charge is 2.00. The molecule has 0 heterocycles. The van der Waals surface area contributed by atoms with Crippen molar-refractivity contribution in [3.8, 4) is 5.75 Å². The zero-order valence-electron chi connectivity index (χ0n) is 11.5. The number of hydrogen-bond acceptors (Lipinski definition) is 3. The van der Waals surface area contributed by atoms with Gasteiger partial charge in [0.25, 0.3) is 0 Å². The molecule has 0 aliphatic rings. The number of benzene rings is 1. The minimum absolute atomic E-state index is 0.178. The maximum atomic E-state index is 5.78. The minimum atomic E-state index is 0.178. The molecule has 0 aromatic heterocycles. The largest absolute Gasteiger partial charge is 0.491 e. The fourth-order valence-electron chi connectivity index (χ4n) is 1.70. The van der Waals surface area contributed by atoms with Crippen LogP contribution >= 0.6 is 0 Å². The third-order valence-electron chi connectivity index (χ3n) is 2.59. The Morgan fingerprint density at radius 1 is 1.22 bits per heavy atom. The molecule has 0 saturated carbocycles. The van der Waals surface area contributed by atoms with Gasteiger partial charge in [0, 0.05) is 12.6 Å². The van der Waals surface area contributed by atoms with Crippen molar-refractivity contribution in [2.24, 2.45) is 5.73 Å². The third-order valence-corrected chi connectivity index (χ3v) is 2.59. The summed E-state index contributed by atoms with van der Waals surface area (Å²) in [4.78, 5) is 0. The first-order valence-corrected chi connectivity index (χ1v) is 6.77. The average Bonchev–Trinajstić information content (AvgIpc) is 2.33. The molecule has 2 N–H and O–H groups in total. The van der Waals surface area contributed by atoms with Gasteiger partial charge in [-0.3, -0.25) is 0 Å². The average molecular weight is 251 g/mol. The molecule has 1 aromatic rings. The summed E-state index contributed by atoms with van der Waals surface area (Å²) in [5.41, 5.74) is 7.00. The molecule has 0 fully saturated rings. The topological polar surface area (TPSA) is 44.5 Å². The first-order chi connectivity index (χ1) is 8.72. The third kappa shape index (κ3) is 6.62. The van der Waals surface area contributed by atoms with E-state index in [1.165, 1.54) is 12.0 Å². The second-order valence-corrected chi connectivity index (χ2v) is 4.64. The predicted molar refractivity (Wildman–Crippen MR) is 75.0 cm³/mol. The summed E-state index contributed by atoms with van der Waals surface area (Å²) < 4.78 is 11.1. The van der Waals surface area contributed by atoms with Gasteiger partial charge in [-0.05, 0) is 37.5 Å². The van der Waals surface area contributed by atoms with Crippen LogP contribution in [0.15, 0.2) is 24.3 Å². The van der Waals surface area contributed by atoms with Crippen molar-refractivity contribution in [1.29, 1.82) is 0 Å². The molecule has 0 aliphatic heterocycles. The molecule has 0 radical (unpaired) electrons. The predicted octanol–water partition coefficient (Wildman–Crippen LogP) is 2.77. The Bertz CT molecular complexity index is 326. The quantitative estimate of drug-likeness (QED) is 0.686. The van der Waals surface area contributed by atoms with Crippen LogP contribution in [0.3, 0.4) is 0 Å². The normalized spacial score (nSPS) is 12.4. The van der Waals surface area contributed by atoms with Crippen LogP contribution in [-0.4, -0.2) is 25.9 Å². The van der Waals surface area contributed by atoms with Crippen LogP contribution in [0.2, 0.25) is 0 Å². The highest BCUT2D eigenvalue weighted by Crippen LogP contribution is 2.14. The Kier molecular flexibility index (Phi) is 7.46. The van der Waals surface area contributed by atoms with Gasteiger partial charge in [-0.25, -0.2) is 0 Å². The summed E-state index contributed by atoms with van der Waals surface area (Å²) in [5, 5.41) is 0. The van der Waals surface area contributed by atoms with Gasteiger partial charge >= 0.3 is 0 Å². The van der Waals surface area contributed by atoms with Gasteiger partial charge in [-0.2, -0.15) is 0 Å². The molecule has 18 heavy (non-hydrogen) atoms. The molecule has 102 valence electrons. The maximum absolute atomic E-state index is 5.78. The van der Waals surface area contributed by atoms with Crippen molar-refractivity contribution in [2.45, 2.75) is 39.2 Å². The Hall–Kier alpha value is -1.06. The van der Waals surface area contributed by atoms with E-state index in [-0.39, 0.29) is 6.04 Å². The van der Waals surface area contributed by atoms with E-state index in [2.05, 4.69) is 19.1 Å². The van der Waals surface area contributed by atoms with E-state index < -0.39 is 0 Å². The summed E-state index contributed by atoms with van der Waals surface area (Å²) in [5.74, 6) is 0.896. The SMILES string of the molecule is CCCCOCCOc1cccc(CC(C)N)c1. The Labute approximate surface area is 110 Å². The van der Waals surface area contributed by atoms with Crippen molar-refractivity contribution in [3.05, 3.63) is 29.8 Å². The minimum Gasteiger partial charge on any atom is -0.491 e. The fraction of sp³-hybridized carbons (Fsp3) is 0.600. The van der Waals surface area contributed by atoms with Crippen molar-refractivity contribution < 1.29 is 9.47 Å². The molecule has 0 bridgehead atoms. The van der Waals surface area contributed by atoms with Crippen LogP contribution < -0.4 is 10.5 Å². The lowest BCUT2D eigenvalue weighted by molar-refractivity contribution is 0.0980. The molecular weight excluding hydrogens is 226 g/mol.